The number of hydrogen-bond donors (Lipinski definition) is 2. The van der Waals surface area contributed by atoms with E-state index in [1.54, 1.807) is 0 Å². The van der Waals surface area contributed by atoms with Crippen LogP contribution in [-0.4, -0.2) is 63.1 Å². The summed E-state index contributed by atoms with van der Waals surface area (Å²) in [5.74, 6) is -3.22. The third-order valence-electron chi connectivity index (χ3n) is 3.29. The summed E-state index contributed by atoms with van der Waals surface area (Å²) in [6, 6.07) is -1.20. The number of sulfonamides is 1. The topological polar surface area (TPSA) is 78.5 Å². The molecule has 0 bridgehead atoms. The Labute approximate surface area is 122 Å². The molecule has 0 spiro atoms. The van der Waals surface area contributed by atoms with Gasteiger partial charge in [0.2, 0.25) is 15.9 Å². The van der Waals surface area contributed by atoms with Crippen molar-refractivity contribution in [2.45, 2.75) is 30.8 Å². The molecule has 0 aromatic carbocycles. The van der Waals surface area contributed by atoms with Gasteiger partial charge in [-0.05, 0) is 6.42 Å². The summed E-state index contributed by atoms with van der Waals surface area (Å²) in [6.45, 7) is 0.133. The van der Waals surface area contributed by atoms with Crippen molar-refractivity contribution in [2.75, 3.05) is 25.9 Å². The fraction of sp³-hybridized carbons (Fsp3) is 0.900. The maximum absolute atomic E-state index is 13.0. The van der Waals surface area contributed by atoms with Crippen molar-refractivity contribution in [1.82, 2.24) is 14.9 Å². The van der Waals surface area contributed by atoms with Crippen LogP contribution >= 0.6 is 12.4 Å². The molecular weight excluding hydrogens is 316 g/mol. The monoisotopic (exact) mass is 333 g/mol. The normalized spacial score (nSPS) is 29.2. The number of nitrogens with zero attached hydrogens (tertiary/aromatic N) is 1. The largest absolute Gasteiger partial charge is 0.340 e. The summed E-state index contributed by atoms with van der Waals surface area (Å²) >= 11 is 0. The van der Waals surface area contributed by atoms with Crippen molar-refractivity contribution in [1.29, 1.82) is 0 Å². The van der Waals surface area contributed by atoms with Crippen LogP contribution in [0.4, 0.5) is 8.78 Å². The first kappa shape index (κ1) is 17.5. The summed E-state index contributed by atoms with van der Waals surface area (Å²) in [5, 5.41) is 2.51. The lowest BCUT2D eigenvalue weighted by molar-refractivity contribution is -0.132. The third-order valence-corrected chi connectivity index (χ3v) is 4.05. The average Bonchev–Trinajstić information content (AvgIpc) is 2.81. The first-order valence-electron chi connectivity index (χ1n) is 6.04. The zero-order chi connectivity index (χ0) is 14.3. The zero-order valence-corrected chi connectivity index (χ0v) is 12.6. The third kappa shape index (κ3) is 4.51. The van der Waals surface area contributed by atoms with E-state index in [0.717, 1.165) is 6.26 Å². The quantitative estimate of drug-likeness (QED) is 0.733. The van der Waals surface area contributed by atoms with Crippen LogP contribution in [-0.2, 0) is 14.8 Å². The fourth-order valence-corrected chi connectivity index (χ4v) is 3.27. The molecule has 2 unspecified atom stereocenters. The first-order valence-corrected chi connectivity index (χ1v) is 7.93. The van der Waals surface area contributed by atoms with E-state index < -0.39 is 35.0 Å². The molecule has 20 heavy (non-hydrogen) atoms. The molecule has 1 amide bonds. The standard InChI is InChI=1S/C10H17F2N3O3S.ClH/c1-19(17,18)14-7-2-3-15(5-7)9(16)8-4-10(11,12)6-13-8;/h7-8,13-14H,2-6H2,1H3;1H. The molecule has 0 radical (unpaired) electrons. The van der Waals surface area contributed by atoms with Gasteiger partial charge >= 0.3 is 0 Å². The van der Waals surface area contributed by atoms with Gasteiger partial charge in [-0.25, -0.2) is 21.9 Å². The van der Waals surface area contributed by atoms with Crippen LogP contribution in [0.25, 0.3) is 0 Å². The van der Waals surface area contributed by atoms with Crippen LogP contribution in [0.1, 0.15) is 12.8 Å². The van der Waals surface area contributed by atoms with Gasteiger partial charge in [-0.3, -0.25) is 10.1 Å². The molecule has 2 N–H and O–H groups in total. The summed E-state index contributed by atoms with van der Waals surface area (Å²) in [6.07, 6.45) is 1.06. The fourth-order valence-electron chi connectivity index (χ4n) is 2.47. The van der Waals surface area contributed by atoms with Gasteiger partial charge in [-0.15, -0.1) is 12.4 Å². The molecule has 2 aliphatic heterocycles. The molecule has 0 aliphatic carbocycles. The van der Waals surface area contributed by atoms with E-state index in [1.807, 2.05) is 0 Å². The summed E-state index contributed by atoms with van der Waals surface area (Å²) in [7, 11) is -3.32. The molecule has 0 aromatic heterocycles. The van der Waals surface area contributed by atoms with Crippen LogP contribution in [0.2, 0.25) is 0 Å². The number of halogens is 3. The lowest BCUT2D eigenvalue weighted by atomic mass is 10.2. The molecule has 2 rings (SSSR count). The number of rotatable bonds is 3. The van der Waals surface area contributed by atoms with Crippen LogP contribution in [0.3, 0.4) is 0 Å². The smallest absolute Gasteiger partial charge is 0.262 e. The molecule has 10 heteroatoms. The first-order chi connectivity index (χ1) is 8.66. The Morgan fingerprint density at radius 3 is 2.60 bits per heavy atom. The van der Waals surface area contributed by atoms with Crippen molar-refractivity contribution in [3.05, 3.63) is 0 Å². The number of alkyl halides is 2. The van der Waals surface area contributed by atoms with Crippen LogP contribution in [0.5, 0.6) is 0 Å². The van der Waals surface area contributed by atoms with E-state index in [2.05, 4.69) is 10.0 Å². The maximum Gasteiger partial charge on any atom is 0.262 e. The predicted octanol–water partition coefficient (Wildman–Crippen LogP) is -0.444. The molecule has 2 atom stereocenters. The molecule has 2 heterocycles. The average molecular weight is 334 g/mol. The number of hydrogen-bond acceptors (Lipinski definition) is 4. The Morgan fingerprint density at radius 1 is 1.45 bits per heavy atom. The van der Waals surface area contributed by atoms with E-state index in [1.165, 1.54) is 4.90 Å². The summed E-state index contributed by atoms with van der Waals surface area (Å²) in [4.78, 5) is 13.4. The second-order valence-electron chi connectivity index (χ2n) is 5.15. The Balaban J connectivity index is 0.00000200. The van der Waals surface area contributed by atoms with E-state index in [4.69, 9.17) is 0 Å². The SMILES string of the molecule is CS(=O)(=O)NC1CCN(C(=O)C2CC(F)(F)CN2)C1.Cl. The molecule has 2 saturated heterocycles. The van der Waals surface area contributed by atoms with Crippen molar-refractivity contribution < 1.29 is 22.0 Å². The Morgan fingerprint density at radius 2 is 2.10 bits per heavy atom. The van der Waals surface area contributed by atoms with Crippen LogP contribution < -0.4 is 10.0 Å². The van der Waals surface area contributed by atoms with Gasteiger partial charge in [0.05, 0.1) is 18.8 Å². The predicted molar refractivity (Wildman–Crippen MR) is 71.6 cm³/mol. The molecule has 118 valence electrons. The molecule has 0 aromatic rings. The van der Waals surface area contributed by atoms with Crippen molar-refractivity contribution in [3.63, 3.8) is 0 Å². The van der Waals surface area contributed by atoms with Crippen molar-refractivity contribution >= 4 is 28.3 Å². The second kappa shape index (κ2) is 6.08. The minimum Gasteiger partial charge on any atom is -0.340 e. The highest BCUT2D eigenvalue weighted by Gasteiger charge is 2.44. The summed E-state index contributed by atoms with van der Waals surface area (Å²) < 4.78 is 50.6. The molecule has 0 saturated carbocycles. The highest BCUT2D eigenvalue weighted by Crippen LogP contribution is 2.26. The van der Waals surface area contributed by atoms with Gasteiger partial charge in [-0.2, -0.15) is 0 Å². The van der Waals surface area contributed by atoms with Gasteiger partial charge in [0, 0.05) is 25.6 Å². The number of carbonyl (C=O) groups is 1. The zero-order valence-electron chi connectivity index (χ0n) is 10.9. The molecule has 2 aliphatic rings. The number of carbonyl (C=O) groups excluding carboxylic acids is 1. The van der Waals surface area contributed by atoms with E-state index in [0.29, 0.717) is 13.0 Å². The number of amides is 1. The minimum atomic E-state index is -3.32. The molecule has 2 fully saturated rings. The maximum atomic E-state index is 13.0. The van der Waals surface area contributed by atoms with Crippen LogP contribution in [0.15, 0.2) is 0 Å². The minimum absolute atomic E-state index is 0. The van der Waals surface area contributed by atoms with Gasteiger partial charge in [0.25, 0.3) is 5.92 Å². The Bertz CT molecular complexity index is 474. The Hall–Kier alpha value is -0.510. The highest BCUT2D eigenvalue weighted by atomic mass is 35.5. The Kier molecular flexibility index (Phi) is 5.34. The van der Waals surface area contributed by atoms with Crippen molar-refractivity contribution in [3.8, 4) is 0 Å². The number of nitrogens with one attached hydrogen (secondary N) is 2. The molecular formula is C10H18ClF2N3O3S. The lowest BCUT2D eigenvalue weighted by Crippen LogP contribution is -2.44. The lowest BCUT2D eigenvalue weighted by Gasteiger charge is -2.20. The van der Waals surface area contributed by atoms with Gasteiger partial charge < -0.3 is 4.90 Å². The van der Waals surface area contributed by atoms with E-state index in [9.17, 15) is 22.0 Å². The van der Waals surface area contributed by atoms with Crippen LogP contribution in [0, 0.1) is 0 Å². The van der Waals surface area contributed by atoms with Gasteiger partial charge in [0.1, 0.15) is 0 Å². The highest BCUT2D eigenvalue weighted by molar-refractivity contribution is 7.88. The summed E-state index contributed by atoms with van der Waals surface area (Å²) in [5.41, 5.74) is 0. The number of likely N-dealkylation sites (tertiary alicyclic amines) is 1. The van der Waals surface area contributed by atoms with Gasteiger partial charge in [-0.1, -0.05) is 0 Å². The van der Waals surface area contributed by atoms with Gasteiger partial charge in [0.15, 0.2) is 0 Å². The van der Waals surface area contributed by atoms with E-state index >= 15 is 0 Å². The van der Waals surface area contributed by atoms with E-state index in [-0.39, 0.29) is 30.9 Å². The second-order valence-corrected chi connectivity index (χ2v) is 6.93. The molecule has 6 nitrogen and oxygen atoms in total. The van der Waals surface area contributed by atoms with Crippen molar-refractivity contribution in [2.24, 2.45) is 0 Å².